The number of benzene rings is 1. The van der Waals surface area contributed by atoms with Gasteiger partial charge in [0.05, 0.1) is 17.9 Å². The van der Waals surface area contributed by atoms with Crippen molar-refractivity contribution in [2.75, 3.05) is 18.0 Å². The second kappa shape index (κ2) is 8.00. The molecule has 1 heterocycles. The quantitative estimate of drug-likeness (QED) is 0.850. The number of nitrogens with zero attached hydrogens (tertiary/aromatic N) is 1. The van der Waals surface area contributed by atoms with Crippen LogP contribution in [0.15, 0.2) is 30.4 Å². The zero-order valence-electron chi connectivity index (χ0n) is 15.0. The molecular weight excluding hydrogens is 319 g/mol. The molecule has 1 saturated heterocycles. The van der Waals surface area contributed by atoms with E-state index in [1.54, 1.807) is 0 Å². The number of rotatable bonds is 4. The lowest BCUT2D eigenvalue weighted by atomic mass is 9.93. The smallest absolute Gasteiger partial charge is 0.223 e. The Labute approximate surface area is 149 Å². The molecule has 0 unspecified atom stereocenters. The number of amides is 1. The van der Waals surface area contributed by atoms with E-state index in [-0.39, 0.29) is 29.9 Å². The summed E-state index contributed by atoms with van der Waals surface area (Å²) in [7, 11) is 0. The molecule has 1 N–H and O–H groups in total. The number of hydrogen-bond acceptors (Lipinski definition) is 3. The summed E-state index contributed by atoms with van der Waals surface area (Å²) in [4.78, 5) is 14.2. The lowest BCUT2D eigenvalue weighted by Gasteiger charge is -2.37. The fourth-order valence-corrected chi connectivity index (χ4v) is 3.66. The summed E-state index contributed by atoms with van der Waals surface area (Å²) in [6, 6.07) is 5.23. The second-order valence-corrected chi connectivity index (χ2v) is 7.15. The summed E-state index contributed by atoms with van der Waals surface area (Å²) in [5, 5.41) is 2.94. The highest BCUT2D eigenvalue weighted by atomic mass is 19.1. The Balaban J connectivity index is 1.60. The Morgan fingerprint density at radius 3 is 2.68 bits per heavy atom. The van der Waals surface area contributed by atoms with E-state index in [4.69, 9.17) is 4.74 Å². The molecule has 2 aliphatic rings. The fraction of sp³-hybridized carbons (Fsp3) is 0.550. The number of ether oxygens (including phenoxy) is 1. The maximum absolute atomic E-state index is 14.6. The molecule has 0 saturated carbocycles. The van der Waals surface area contributed by atoms with Gasteiger partial charge in [-0.15, -0.1) is 0 Å². The first kappa shape index (κ1) is 17.9. The van der Waals surface area contributed by atoms with Gasteiger partial charge < -0.3 is 15.0 Å². The summed E-state index contributed by atoms with van der Waals surface area (Å²) >= 11 is 0. The van der Waals surface area contributed by atoms with E-state index in [0.717, 1.165) is 24.8 Å². The van der Waals surface area contributed by atoms with Crippen molar-refractivity contribution in [2.45, 2.75) is 51.9 Å². The Morgan fingerprint density at radius 2 is 2.04 bits per heavy atom. The van der Waals surface area contributed by atoms with Crippen molar-refractivity contribution in [2.24, 2.45) is 5.92 Å². The monoisotopic (exact) mass is 346 g/mol. The van der Waals surface area contributed by atoms with E-state index >= 15 is 0 Å². The number of halogens is 1. The number of allylic oxidation sites excluding steroid dienone is 2. The van der Waals surface area contributed by atoms with Crippen LogP contribution in [0.1, 0.15) is 38.7 Å². The van der Waals surface area contributed by atoms with E-state index in [2.05, 4.69) is 17.5 Å². The third kappa shape index (κ3) is 4.60. The number of morpholine rings is 1. The molecule has 3 atom stereocenters. The third-order valence-electron chi connectivity index (χ3n) is 4.88. The van der Waals surface area contributed by atoms with E-state index in [9.17, 15) is 9.18 Å². The van der Waals surface area contributed by atoms with Gasteiger partial charge in [0.15, 0.2) is 0 Å². The molecule has 1 amide bonds. The van der Waals surface area contributed by atoms with Crippen LogP contribution >= 0.6 is 0 Å². The van der Waals surface area contributed by atoms with Gasteiger partial charge in [0.1, 0.15) is 5.82 Å². The topological polar surface area (TPSA) is 41.6 Å². The molecule has 1 aromatic carbocycles. The Bertz CT molecular complexity index is 637. The summed E-state index contributed by atoms with van der Waals surface area (Å²) in [6.07, 6.45) is 7.00. The van der Waals surface area contributed by atoms with Gasteiger partial charge in [-0.05, 0) is 50.8 Å². The Hall–Kier alpha value is -1.88. The van der Waals surface area contributed by atoms with Crippen molar-refractivity contribution < 1.29 is 13.9 Å². The molecule has 5 heteroatoms. The molecule has 1 aromatic rings. The Morgan fingerprint density at radius 1 is 1.28 bits per heavy atom. The van der Waals surface area contributed by atoms with Gasteiger partial charge >= 0.3 is 0 Å². The summed E-state index contributed by atoms with van der Waals surface area (Å²) in [5.41, 5.74) is 1.39. The van der Waals surface area contributed by atoms with Crippen molar-refractivity contribution >= 4 is 11.6 Å². The standard InChI is InChI=1S/C20H27FN2O2/c1-14-12-23(13-15(2)25-14)19-9-8-16(10-18(19)21)11-22-20(24)17-6-4-3-5-7-17/h3-4,8-10,14-15,17H,5-7,11-13H2,1-2H3,(H,22,24)/t14-,15-,17+/m1/s1. The molecule has 1 aliphatic heterocycles. The van der Waals surface area contributed by atoms with Gasteiger partial charge in [0.2, 0.25) is 5.91 Å². The number of carbonyl (C=O) groups is 1. The molecule has 4 nitrogen and oxygen atoms in total. The van der Waals surface area contributed by atoms with Crippen molar-refractivity contribution in [3.05, 3.63) is 41.7 Å². The van der Waals surface area contributed by atoms with Crippen molar-refractivity contribution in [1.82, 2.24) is 5.32 Å². The van der Waals surface area contributed by atoms with Crippen LogP contribution in [0, 0.1) is 11.7 Å². The van der Waals surface area contributed by atoms with Crippen molar-refractivity contribution in [1.29, 1.82) is 0 Å². The molecule has 0 aromatic heterocycles. The fourth-order valence-electron chi connectivity index (χ4n) is 3.66. The highest BCUT2D eigenvalue weighted by Gasteiger charge is 2.24. The highest BCUT2D eigenvalue weighted by molar-refractivity contribution is 5.79. The summed E-state index contributed by atoms with van der Waals surface area (Å²) < 4.78 is 20.3. The molecule has 0 radical (unpaired) electrons. The predicted molar refractivity (Wildman–Crippen MR) is 96.9 cm³/mol. The lowest BCUT2D eigenvalue weighted by Crippen LogP contribution is -2.45. The maximum Gasteiger partial charge on any atom is 0.223 e. The maximum atomic E-state index is 14.6. The van der Waals surface area contributed by atoms with Gasteiger partial charge in [-0.1, -0.05) is 18.2 Å². The molecular formula is C20H27FN2O2. The number of carbonyl (C=O) groups excluding carboxylic acids is 1. The molecule has 1 fully saturated rings. The zero-order valence-corrected chi connectivity index (χ0v) is 15.0. The predicted octanol–water partition coefficient (Wildman–Crippen LogP) is 3.41. The third-order valence-corrected chi connectivity index (χ3v) is 4.88. The summed E-state index contributed by atoms with van der Waals surface area (Å²) in [5.74, 6) is -0.135. The molecule has 136 valence electrons. The minimum Gasteiger partial charge on any atom is -0.372 e. The molecule has 0 bridgehead atoms. The van der Waals surface area contributed by atoms with E-state index < -0.39 is 0 Å². The SMILES string of the molecule is C[C@@H]1CN(c2ccc(CNC(=O)[C@H]3CC=CCC3)cc2F)C[C@@H](C)O1. The number of anilines is 1. The molecule has 25 heavy (non-hydrogen) atoms. The average Bonchev–Trinajstić information content (AvgIpc) is 2.59. The van der Waals surface area contributed by atoms with Crippen molar-refractivity contribution in [3.8, 4) is 0 Å². The molecule has 3 rings (SSSR count). The number of nitrogens with one attached hydrogen (secondary N) is 1. The van der Waals surface area contributed by atoms with Crippen LogP contribution in [0.3, 0.4) is 0 Å². The van der Waals surface area contributed by atoms with Gasteiger partial charge in [-0.2, -0.15) is 0 Å². The van der Waals surface area contributed by atoms with E-state index in [1.807, 2.05) is 30.9 Å². The van der Waals surface area contributed by atoms with Crippen LogP contribution in [0.25, 0.3) is 0 Å². The van der Waals surface area contributed by atoms with Crippen molar-refractivity contribution in [3.63, 3.8) is 0 Å². The van der Waals surface area contributed by atoms with Crippen LogP contribution in [0.2, 0.25) is 0 Å². The zero-order chi connectivity index (χ0) is 17.8. The minimum atomic E-state index is -0.242. The van der Waals surface area contributed by atoms with Gasteiger partial charge in [0.25, 0.3) is 0 Å². The van der Waals surface area contributed by atoms with Gasteiger partial charge in [-0.3, -0.25) is 4.79 Å². The van der Waals surface area contributed by atoms with Gasteiger partial charge in [0, 0.05) is 25.6 Å². The first-order chi connectivity index (χ1) is 12.0. The van der Waals surface area contributed by atoms with Crippen LogP contribution < -0.4 is 10.2 Å². The number of hydrogen-bond donors (Lipinski definition) is 1. The van der Waals surface area contributed by atoms with Crippen LogP contribution in [0.5, 0.6) is 0 Å². The first-order valence-electron chi connectivity index (χ1n) is 9.14. The highest BCUT2D eigenvalue weighted by Crippen LogP contribution is 2.25. The normalized spacial score (nSPS) is 26.5. The van der Waals surface area contributed by atoms with Crippen LogP contribution in [0.4, 0.5) is 10.1 Å². The second-order valence-electron chi connectivity index (χ2n) is 7.15. The molecule has 0 spiro atoms. The van der Waals surface area contributed by atoms with Crippen LogP contribution in [-0.2, 0) is 16.1 Å². The summed E-state index contributed by atoms with van der Waals surface area (Å²) in [6.45, 7) is 5.75. The van der Waals surface area contributed by atoms with E-state index in [1.165, 1.54) is 6.07 Å². The minimum absolute atomic E-state index is 0.0467. The molecule has 1 aliphatic carbocycles. The average molecular weight is 346 g/mol. The van der Waals surface area contributed by atoms with Crippen LogP contribution in [-0.4, -0.2) is 31.2 Å². The van der Waals surface area contributed by atoms with Gasteiger partial charge in [-0.25, -0.2) is 4.39 Å². The lowest BCUT2D eigenvalue weighted by molar-refractivity contribution is -0.125. The Kier molecular flexibility index (Phi) is 5.74. The van der Waals surface area contributed by atoms with E-state index in [0.29, 0.717) is 25.3 Å². The largest absolute Gasteiger partial charge is 0.372 e. The first-order valence-corrected chi connectivity index (χ1v) is 9.14.